The first-order valence-corrected chi connectivity index (χ1v) is 4.09. The molecular weight excluding hydrogens is 162 g/mol. The Balaban J connectivity index is 2.25. The van der Waals surface area contributed by atoms with Gasteiger partial charge in [-0.2, -0.15) is 0 Å². The van der Waals surface area contributed by atoms with E-state index in [-0.39, 0.29) is 6.04 Å². The maximum Gasteiger partial charge on any atom is 0.145 e. The minimum Gasteiger partial charge on any atom is -0.389 e. The number of aliphatic hydroxyl groups is 4. The highest BCUT2D eigenvalue weighted by molar-refractivity contribution is 5.07. The summed E-state index contributed by atoms with van der Waals surface area (Å²) in [6, 6.07) is -0.298. The molecule has 0 aromatic rings. The van der Waals surface area contributed by atoms with E-state index in [0.717, 1.165) is 0 Å². The van der Waals surface area contributed by atoms with Gasteiger partial charge < -0.3 is 20.4 Å². The highest BCUT2D eigenvalue weighted by atomic mass is 16.4. The first kappa shape index (κ1) is 8.40. The zero-order valence-electron chi connectivity index (χ0n) is 6.51. The largest absolute Gasteiger partial charge is 0.389 e. The molecule has 5 heteroatoms. The quantitative estimate of drug-likeness (QED) is 0.281. The molecule has 2 rings (SSSR count). The Hall–Kier alpha value is -0.200. The van der Waals surface area contributed by atoms with Gasteiger partial charge in [0.25, 0.3) is 0 Å². The minimum atomic E-state index is -1.40. The second-order valence-corrected chi connectivity index (χ2v) is 3.64. The summed E-state index contributed by atoms with van der Waals surface area (Å²) in [4.78, 5) is 0. The third-order valence-corrected chi connectivity index (χ3v) is 2.85. The van der Waals surface area contributed by atoms with Crippen LogP contribution in [0.2, 0.25) is 0 Å². The van der Waals surface area contributed by atoms with E-state index >= 15 is 0 Å². The van der Waals surface area contributed by atoms with Crippen molar-refractivity contribution in [2.24, 2.45) is 0 Å². The van der Waals surface area contributed by atoms with Crippen LogP contribution < -0.4 is 5.32 Å². The number of hydrogen-bond donors (Lipinski definition) is 5. The molecule has 2 heterocycles. The molecule has 5 nitrogen and oxygen atoms in total. The van der Waals surface area contributed by atoms with Gasteiger partial charge in [0.2, 0.25) is 0 Å². The van der Waals surface area contributed by atoms with Gasteiger partial charge in [0.1, 0.15) is 17.9 Å². The van der Waals surface area contributed by atoms with Crippen molar-refractivity contribution < 1.29 is 20.4 Å². The maximum absolute atomic E-state index is 9.65. The first-order chi connectivity index (χ1) is 5.54. The standard InChI is InChI=1S/C7H13NO4/c9-4-3-1-2-7(12,8-3)6(11)5(4)10/h3-6,8-12H,1-2H2/t3-,4+,5-,6+,7+/m1/s1. The topological polar surface area (TPSA) is 93.0 Å². The molecular formula is C7H13NO4. The molecule has 2 aliphatic heterocycles. The summed E-state index contributed by atoms with van der Waals surface area (Å²) >= 11 is 0. The highest BCUT2D eigenvalue weighted by Gasteiger charge is 2.55. The Morgan fingerprint density at radius 2 is 1.83 bits per heavy atom. The summed E-state index contributed by atoms with van der Waals surface area (Å²) in [5.41, 5.74) is -1.40. The van der Waals surface area contributed by atoms with E-state index < -0.39 is 24.0 Å². The van der Waals surface area contributed by atoms with E-state index in [4.69, 9.17) is 0 Å². The van der Waals surface area contributed by atoms with Crippen molar-refractivity contribution in [1.82, 2.24) is 5.32 Å². The molecule has 5 atom stereocenters. The van der Waals surface area contributed by atoms with Crippen molar-refractivity contribution in [3.63, 3.8) is 0 Å². The Labute approximate surface area is 69.6 Å². The summed E-state index contributed by atoms with van der Waals surface area (Å²) < 4.78 is 0. The summed E-state index contributed by atoms with van der Waals surface area (Å²) in [6.07, 6.45) is -2.59. The van der Waals surface area contributed by atoms with E-state index in [1.807, 2.05) is 0 Å². The van der Waals surface area contributed by atoms with E-state index in [9.17, 15) is 20.4 Å². The molecule has 0 saturated carbocycles. The lowest BCUT2D eigenvalue weighted by atomic mass is 9.94. The normalized spacial score (nSPS) is 59.0. The highest BCUT2D eigenvalue weighted by Crippen LogP contribution is 2.34. The number of hydrogen-bond acceptors (Lipinski definition) is 5. The lowest BCUT2D eigenvalue weighted by Crippen LogP contribution is -2.67. The zero-order valence-corrected chi connectivity index (χ0v) is 6.51. The number of fused-ring (bicyclic) bond motifs is 2. The third kappa shape index (κ3) is 0.915. The van der Waals surface area contributed by atoms with E-state index in [0.29, 0.717) is 12.8 Å². The van der Waals surface area contributed by atoms with Gasteiger partial charge in [-0.05, 0) is 12.8 Å². The van der Waals surface area contributed by atoms with Crippen molar-refractivity contribution in [2.45, 2.75) is 42.9 Å². The van der Waals surface area contributed by atoms with Gasteiger partial charge in [0, 0.05) is 6.04 Å². The van der Waals surface area contributed by atoms with Gasteiger partial charge in [0.15, 0.2) is 0 Å². The van der Waals surface area contributed by atoms with Crippen LogP contribution in [0.5, 0.6) is 0 Å². The molecule has 0 amide bonds. The molecule has 2 saturated heterocycles. The molecule has 2 bridgehead atoms. The fourth-order valence-electron chi connectivity index (χ4n) is 2.04. The van der Waals surface area contributed by atoms with Crippen LogP contribution in [0, 0.1) is 0 Å². The zero-order chi connectivity index (χ0) is 8.93. The molecule has 0 radical (unpaired) electrons. The third-order valence-electron chi connectivity index (χ3n) is 2.85. The Bertz CT molecular complexity index is 200. The summed E-state index contributed by atoms with van der Waals surface area (Å²) in [5.74, 6) is 0. The van der Waals surface area contributed by atoms with Crippen molar-refractivity contribution in [3.8, 4) is 0 Å². The van der Waals surface area contributed by atoms with E-state index in [1.165, 1.54) is 0 Å². The molecule has 0 aliphatic carbocycles. The Kier molecular flexibility index (Phi) is 1.68. The lowest BCUT2D eigenvalue weighted by molar-refractivity contribution is -0.186. The maximum atomic E-state index is 9.65. The van der Waals surface area contributed by atoms with Crippen molar-refractivity contribution in [1.29, 1.82) is 0 Å². The van der Waals surface area contributed by atoms with Crippen LogP contribution in [0.4, 0.5) is 0 Å². The Morgan fingerprint density at radius 1 is 1.17 bits per heavy atom. The fraction of sp³-hybridized carbons (Fsp3) is 1.00. The summed E-state index contributed by atoms with van der Waals surface area (Å²) in [7, 11) is 0. The van der Waals surface area contributed by atoms with Crippen molar-refractivity contribution >= 4 is 0 Å². The average molecular weight is 175 g/mol. The van der Waals surface area contributed by atoms with Crippen LogP contribution >= 0.6 is 0 Å². The fourth-order valence-corrected chi connectivity index (χ4v) is 2.04. The van der Waals surface area contributed by atoms with Gasteiger partial charge >= 0.3 is 0 Å². The molecule has 12 heavy (non-hydrogen) atoms. The van der Waals surface area contributed by atoms with Gasteiger partial charge in [-0.3, -0.25) is 5.32 Å². The van der Waals surface area contributed by atoms with Gasteiger partial charge in [0.05, 0.1) is 6.10 Å². The molecule has 0 aromatic heterocycles. The smallest absolute Gasteiger partial charge is 0.145 e. The Morgan fingerprint density at radius 3 is 2.50 bits per heavy atom. The van der Waals surface area contributed by atoms with E-state index in [1.54, 1.807) is 0 Å². The average Bonchev–Trinajstić information content (AvgIpc) is 2.41. The second kappa shape index (κ2) is 2.40. The number of aliphatic hydroxyl groups excluding tert-OH is 3. The van der Waals surface area contributed by atoms with Crippen LogP contribution in [-0.2, 0) is 0 Å². The van der Waals surface area contributed by atoms with Crippen molar-refractivity contribution in [3.05, 3.63) is 0 Å². The van der Waals surface area contributed by atoms with Crippen LogP contribution in [0.15, 0.2) is 0 Å². The molecule has 70 valence electrons. The SMILES string of the molecule is O[C@@H]1[C@@H](O)[C@H](O)[C@@]2(O)CC[C@H]1N2. The predicted octanol–water partition coefficient (Wildman–Crippen LogP) is -2.48. The van der Waals surface area contributed by atoms with Crippen LogP contribution in [0.25, 0.3) is 0 Å². The van der Waals surface area contributed by atoms with Gasteiger partial charge in [-0.1, -0.05) is 0 Å². The van der Waals surface area contributed by atoms with Crippen LogP contribution in [0.1, 0.15) is 12.8 Å². The monoisotopic (exact) mass is 175 g/mol. The van der Waals surface area contributed by atoms with Crippen LogP contribution in [-0.4, -0.2) is 50.5 Å². The molecule has 0 unspecified atom stereocenters. The number of nitrogens with one attached hydrogen (secondary N) is 1. The van der Waals surface area contributed by atoms with E-state index in [2.05, 4.69) is 5.32 Å². The number of rotatable bonds is 0. The molecule has 5 N–H and O–H groups in total. The van der Waals surface area contributed by atoms with Crippen molar-refractivity contribution in [2.75, 3.05) is 0 Å². The molecule has 0 spiro atoms. The lowest BCUT2D eigenvalue weighted by Gasteiger charge is -2.40. The second-order valence-electron chi connectivity index (χ2n) is 3.64. The molecule has 2 aliphatic rings. The minimum absolute atomic E-state index is 0.298. The molecule has 2 fully saturated rings. The number of piperidine rings is 1. The van der Waals surface area contributed by atoms with Crippen LogP contribution in [0.3, 0.4) is 0 Å². The van der Waals surface area contributed by atoms with Gasteiger partial charge in [-0.25, -0.2) is 0 Å². The predicted molar refractivity (Wildman–Crippen MR) is 39.1 cm³/mol. The summed E-state index contributed by atoms with van der Waals surface area (Å²) in [6.45, 7) is 0. The molecule has 0 aromatic carbocycles. The van der Waals surface area contributed by atoms with Gasteiger partial charge in [-0.15, -0.1) is 0 Å². The summed E-state index contributed by atoms with van der Waals surface area (Å²) in [5, 5.41) is 40.4. The first-order valence-electron chi connectivity index (χ1n) is 4.09.